The highest BCUT2D eigenvalue weighted by Crippen LogP contribution is 2.47. The second-order valence-corrected chi connectivity index (χ2v) is 5.21. The molecule has 18 heavy (non-hydrogen) atoms. The van der Waals surface area contributed by atoms with Gasteiger partial charge in [-0.05, 0) is 18.8 Å². The molecule has 6 heteroatoms. The van der Waals surface area contributed by atoms with Gasteiger partial charge in [-0.1, -0.05) is 19.0 Å². The molecule has 0 aliphatic heterocycles. The molecule has 0 radical (unpaired) electrons. The van der Waals surface area contributed by atoms with Gasteiger partial charge in [-0.25, -0.2) is 0 Å². The average molecular weight is 257 g/mol. The van der Waals surface area contributed by atoms with Crippen molar-refractivity contribution in [2.24, 2.45) is 22.2 Å². The van der Waals surface area contributed by atoms with Crippen molar-refractivity contribution in [1.82, 2.24) is 4.90 Å². The molecule has 0 spiro atoms. The first-order valence-corrected chi connectivity index (χ1v) is 6.24. The summed E-state index contributed by atoms with van der Waals surface area (Å²) in [6.45, 7) is 5.79. The minimum absolute atomic E-state index is 0.0265. The Balaban J connectivity index is 2.75. The molecule has 0 heterocycles. The summed E-state index contributed by atoms with van der Waals surface area (Å²) in [7, 11) is 1.61. The summed E-state index contributed by atoms with van der Waals surface area (Å²) in [6.07, 6.45) is 1.31. The molecule has 1 amide bonds. The third-order valence-electron chi connectivity index (χ3n) is 3.20. The lowest BCUT2D eigenvalue weighted by molar-refractivity contribution is -0.135. The summed E-state index contributed by atoms with van der Waals surface area (Å²) >= 11 is 0. The highest BCUT2D eigenvalue weighted by Gasteiger charge is 2.55. The molecule has 3 N–H and O–H groups in total. The van der Waals surface area contributed by atoms with E-state index in [2.05, 4.69) is 19.0 Å². The van der Waals surface area contributed by atoms with E-state index in [0.717, 1.165) is 0 Å². The fourth-order valence-corrected chi connectivity index (χ4v) is 2.02. The van der Waals surface area contributed by atoms with Crippen molar-refractivity contribution < 1.29 is 14.7 Å². The molecule has 0 bridgehead atoms. The number of hydrogen-bond acceptors (Lipinski definition) is 4. The van der Waals surface area contributed by atoms with Crippen LogP contribution < -0.4 is 5.73 Å². The van der Waals surface area contributed by atoms with Gasteiger partial charge in [-0.15, -0.1) is 0 Å². The van der Waals surface area contributed by atoms with Gasteiger partial charge in [0.25, 0.3) is 0 Å². The van der Waals surface area contributed by atoms with Crippen molar-refractivity contribution in [2.75, 3.05) is 26.8 Å². The normalized spacial score (nSPS) is 17.9. The molecule has 1 fully saturated rings. The van der Waals surface area contributed by atoms with Crippen molar-refractivity contribution in [1.29, 1.82) is 0 Å². The van der Waals surface area contributed by atoms with Crippen LogP contribution in [0.25, 0.3) is 0 Å². The molecule has 1 saturated carbocycles. The van der Waals surface area contributed by atoms with Crippen molar-refractivity contribution in [3.63, 3.8) is 0 Å². The maximum absolute atomic E-state index is 12.5. The van der Waals surface area contributed by atoms with Crippen molar-refractivity contribution >= 4 is 11.7 Å². The molecule has 0 aromatic carbocycles. The zero-order chi connectivity index (χ0) is 13.8. The van der Waals surface area contributed by atoms with E-state index in [4.69, 9.17) is 15.7 Å². The highest BCUT2D eigenvalue weighted by molar-refractivity contribution is 6.09. The van der Waals surface area contributed by atoms with E-state index in [-0.39, 0.29) is 11.7 Å². The van der Waals surface area contributed by atoms with E-state index < -0.39 is 5.41 Å². The van der Waals surface area contributed by atoms with Crippen LogP contribution in [0.2, 0.25) is 0 Å². The monoisotopic (exact) mass is 257 g/mol. The zero-order valence-corrected chi connectivity index (χ0v) is 11.3. The van der Waals surface area contributed by atoms with Crippen LogP contribution in [0.5, 0.6) is 0 Å². The summed E-state index contributed by atoms with van der Waals surface area (Å²) in [5.41, 5.74) is 4.87. The van der Waals surface area contributed by atoms with E-state index in [1.807, 2.05) is 0 Å². The molecule has 1 aliphatic carbocycles. The Morgan fingerprint density at radius 1 is 1.56 bits per heavy atom. The molecular formula is C12H23N3O3. The summed E-state index contributed by atoms with van der Waals surface area (Å²) in [6, 6.07) is 0. The standard InChI is InChI=1S/C12H23N3O3/c1-9(2)8-15(6-7-18-3)11(16)12(4-5-12)10(13)14-17/h9,17H,4-8H2,1-3H3,(H2,13,14). The first-order valence-electron chi connectivity index (χ1n) is 6.24. The number of rotatable bonds is 7. The Morgan fingerprint density at radius 2 is 2.17 bits per heavy atom. The third kappa shape index (κ3) is 3.13. The van der Waals surface area contributed by atoms with E-state index in [9.17, 15) is 4.79 Å². The second-order valence-electron chi connectivity index (χ2n) is 5.21. The minimum Gasteiger partial charge on any atom is -0.409 e. The van der Waals surface area contributed by atoms with Crippen molar-refractivity contribution in [2.45, 2.75) is 26.7 Å². The number of amidine groups is 1. The Kier molecular flexibility index (Phi) is 4.95. The number of carbonyl (C=O) groups is 1. The molecule has 0 aromatic heterocycles. The Labute approximate surface area is 108 Å². The Bertz CT molecular complexity index is 325. The van der Waals surface area contributed by atoms with E-state index in [1.165, 1.54) is 0 Å². The fraction of sp³-hybridized carbons (Fsp3) is 0.833. The summed E-state index contributed by atoms with van der Waals surface area (Å²) in [5.74, 6) is 0.344. The second kappa shape index (κ2) is 6.04. The quantitative estimate of drug-likeness (QED) is 0.303. The van der Waals surface area contributed by atoms with Crippen LogP contribution in [0.15, 0.2) is 5.16 Å². The van der Waals surface area contributed by atoms with Crippen LogP contribution in [-0.2, 0) is 9.53 Å². The summed E-state index contributed by atoms with van der Waals surface area (Å²) in [5, 5.41) is 11.8. The van der Waals surface area contributed by atoms with Gasteiger partial charge < -0.3 is 20.6 Å². The number of nitrogens with zero attached hydrogens (tertiary/aromatic N) is 2. The number of oxime groups is 1. The predicted octanol–water partition coefficient (Wildman–Crippen LogP) is 0.644. The minimum atomic E-state index is -0.766. The molecule has 104 valence electrons. The SMILES string of the molecule is COCCN(CC(C)C)C(=O)C1(C(N)=NO)CC1. The number of amides is 1. The largest absolute Gasteiger partial charge is 0.409 e. The van der Waals surface area contributed by atoms with Crippen molar-refractivity contribution in [3.8, 4) is 0 Å². The molecule has 0 saturated heterocycles. The molecule has 6 nitrogen and oxygen atoms in total. The van der Waals surface area contributed by atoms with Crippen molar-refractivity contribution in [3.05, 3.63) is 0 Å². The van der Waals surface area contributed by atoms with Gasteiger partial charge in [0.2, 0.25) is 5.91 Å². The van der Waals surface area contributed by atoms with Crippen LogP contribution in [-0.4, -0.2) is 48.7 Å². The lowest BCUT2D eigenvalue weighted by atomic mass is 10.0. The fourth-order valence-electron chi connectivity index (χ4n) is 2.02. The number of hydrogen-bond donors (Lipinski definition) is 2. The Morgan fingerprint density at radius 3 is 2.56 bits per heavy atom. The number of carbonyl (C=O) groups excluding carboxylic acids is 1. The smallest absolute Gasteiger partial charge is 0.236 e. The van der Waals surface area contributed by atoms with Crippen LogP contribution in [0.4, 0.5) is 0 Å². The third-order valence-corrected chi connectivity index (χ3v) is 3.20. The maximum Gasteiger partial charge on any atom is 0.236 e. The lowest BCUT2D eigenvalue weighted by Gasteiger charge is -2.28. The van der Waals surface area contributed by atoms with Gasteiger partial charge >= 0.3 is 0 Å². The number of nitrogens with two attached hydrogens (primary N) is 1. The van der Waals surface area contributed by atoms with Gasteiger partial charge in [0, 0.05) is 20.2 Å². The molecule has 1 aliphatic rings. The average Bonchev–Trinajstić information content (AvgIpc) is 3.13. The van der Waals surface area contributed by atoms with Crippen LogP contribution >= 0.6 is 0 Å². The van der Waals surface area contributed by atoms with Crippen LogP contribution in [0, 0.1) is 11.3 Å². The predicted molar refractivity (Wildman–Crippen MR) is 68.4 cm³/mol. The Hall–Kier alpha value is -1.30. The van der Waals surface area contributed by atoms with Gasteiger partial charge in [0.05, 0.1) is 6.61 Å². The van der Waals surface area contributed by atoms with E-state index in [1.54, 1.807) is 12.0 Å². The first-order chi connectivity index (χ1) is 8.47. The molecule has 0 unspecified atom stereocenters. The number of ether oxygens (including phenoxy) is 1. The summed E-state index contributed by atoms with van der Waals surface area (Å²) < 4.78 is 5.02. The van der Waals surface area contributed by atoms with E-state index in [0.29, 0.717) is 38.5 Å². The lowest BCUT2D eigenvalue weighted by Crippen LogP contribution is -2.46. The molecule has 0 aromatic rings. The highest BCUT2D eigenvalue weighted by atomic mass is 16.5. The van der Waals surface area contributed by atoms with Gasteiger partial charge in [0.1, 0.15) is 5.41 Å². The first kappa shape index (κ1) is 14.8. The van der Waals surface area contributed by atoms with Crippen LogP contribution in [0.1, 0.15) is 26.7 Å². The maximum atomic E-state index is 12.5. The molecule has 1 rings (SSSR count). The summed E-state index contributed by atoms with van der Waals surface area (Å²) in [4.78, 5) is 14.2. The topological polar surface area (TPSA) is 88.2 Å². The molecular weight excluding hydrogens is 234 g/mol. The van der Waals surface area contributed by atoms with Gasteiger partial charge in [-0.2, -0.15) is 0 Å². The van der Waals surface area contributed by atoms with Gasteiger partial charge in [-0.3, -0.25) is 4.79 Å². The zero-order valence-electron chi connectivity index (χ0n) is 11.3. The van der Waals surface area contributed by atoms with E-state index >= 15 is 0 Å². The van der Waals surface area contributed by atoms with Gasteiger partial charge in [0.15, 0.2) is 5.84 Å². The van der Waals surface area contributed by atoms with Crippen LogP contribution in [0.3, 0.4) is 0 Å². The number of methoxy groups -OCH3 is 1. The molecule has 0 atom stereocenters.